The molecular formula is C19H16N4O2. The zero-order valence-corrected chi connectivity index (χ0v) is 13.6. The van der Waals surface area contributed by atoms with Gasteiger partial charge in [0.05, 0.1) is 11.0 Å². The van der Waals surface area contributed by atoms with Crippen molar-refractivity contribution in [2.75, 3.05) is 5.32 Å². The van der Waals surface area contributed by atoms with Crippen LogP contribution in [0.5, 0.6) is 0 Å². The van der Waals surface area contributed by atoms with Gasteiger partial charge in [-0.25, -0.2) is 0 Å². The summed E-state index contributed by atoms with van der Waals surface area (Å²) in [7, 11) is 0. The summed E-state index contributed by atoms with van der Waals surface area (Å²) in [6.07, 6.45) is 0. The number of rotatable bonds is 3. The van der Waals surface area contributed by atoms with E-state index in [2.05, 4.69) is 15.5 Å². The Hall–Kier alpha value is -3.41. The normalized spacial score (nSPS) is 11.1. The Morgan fingerprint density at radius 3 is 2.24 bits per heavy atom. The molecule has 2 heterocycles. The average Bonchev–Trinajstić information content (AvgIpc) is 3.03. The van der Waals surface area contributed by atoms with Gasteiger partial charge in [0, 0.05) is 22.5 Å². The maximum Gasteiger partial charge on any atom is 0.245 e. The predicted octanol–water partition coefficient (Wildman–Crippen LogP) is 2.82. The number of benzene rings is 2. The summed E-state index contributed by atoms with van der Waals surface area (Å²) >= 11 is 0. The Bertz CT molecular complexity index is 1100. The van der Waals surface area contributed by atoms with Gasteiger partial charge >= 0.3 is 0 Å². The molecule has 0 saturated carbocycles. The molecule has 25 heavy (non-hydrogen) atoms. The molecule has 124 valence electrons. The first-order valence-corrected chi connectivity index (χ1v) is 7.95. The molecule has 1 amide bonds. The third-order valence-corrected chi connectivity index (χ3v) is 4.15. The van der Waals surface area contributed by atoms with Crippen LogP contribution in [0.1, 0.15) is 5.69 Å². The minimum absolute atomic E-state index is 0.0224. The van der Waals surface area contributed by atoms with E-state index in [-0.39, 0.29) is 17.9 Å². The van der Waals surface area contributed by atoms with Gasteiger partial charge in [-0.15, -0.1) is 0 Å². The van der Waals surface area contributed by atoms with Gasteiger partial charge in [0.15, 0.2) is 11.2 Å². The van der Waals surface area contributed by atoms with Crippen LogP contribution in [0.2, 0.25) is 0 Å². The molecule has 2 aromatic carbocycles. The number of aromatic amines is 1. The van der Waals surface area contributed by atoms with E-state index in [0.717, 1.165) is 16.7 Å². The summed E-state index contributed by atoms with van der Waals surface area (Å²) in [6, 6.07) is 16.4. The number of carbonyl (C=O) groups is 1. The van der Waals surface area contributed by atoms with Gasteiger partial charge in [-0.3, -0.25) is 14.7 Å². The maximum atomic E-state index is 12.7. The molecular weight excluding hydrogens is 316 g/mol. The Kier molecular flexibility index (Phi) is 3.57. The SMILES string of the molecule is Cc1cc(NC(=O)Cn2c3ccccc3c(=O)c3ccccc32)n[nH]1. The summed E-state index contributed by atoms with van der Waals surface area (Å²) < 4.78 is 1.86. The minimum atomic E-state index is -0.203. The second kappa shape index (κ2) is 5.90. The fraction of sp³-hybridized carbons (Fsp3) is 0.105. The number of aromatic nitrogens is 3. The molecule has 0 atom stereocenters. The Morgan fingerprint density at radius 1 is 1.08 bits per heavy atom. The largest absolute Gasteiger partial charge is 0.331 e. The van der Waals surface area contributed by atoms with Crippen LogP contribution in [0.25, 0.3) is 21.8 Å². The lowest BCUT2D eigenvalue weighted by Gasteiger charge is -2.14. The third-order valence-electron chi connectivity index (χ3n) is 4.15. The first kappa shape index (κ1) is 15.1. The lowest BCUT2D eigenvalue weighted by molar-refractivity contribution is -0.116. The number of aryl methyl sites for hydroxylation is 1. The highest BCUT2D eigenvalue weighted by atomic mass is 16.2. The topological polar surface area (TPSA) is 79.8 Å². The maximum absolute atomic E-state index is 12.7. The van der Waals surface area contributed by atoms with E-state index in [0.29, 0.717) is 16.6 Å². The van der Waals surface area contributed by atoms with E-state index < -0.39 is 0 Å². The highest BCUT2D eigenvalue weighted by molar-refractivity contribution is 5.96. The highest BCUT2D eigenvalue weighted by Crippen LogP contribution is 2.19. The van der Waals surface area contributed by atoms with Gasteiger partial charge in [-0.2, -0.15) is 5.10 Å². The van der Waals surface area contributed by atoms with Crippen LogP contribution in [0, 0.1) is 6.92 Å². The van der Waals surface area contributed by atoms with E-state index in [1.807, 2.05) is 47.9 Å². The number of para-hydroxylation sites is 2. The Labute approximate surface area is 143 Å². The summed E-state index contributed by atoms with van der Waals surface area (Å²) in [5.41, 5.74) is 2.32. The standard InChI is InChI=1S/C19H16N4O2/c1-12-10-17(22-21-12)20-18(24)11-23-15-8-4-2-6-13(15)19(25)14-7-3-5-9-16(14)23/h2-10H,11H2,1H3,(H2,20,21,22,24). The van der Waals surface area contributed by atoms with Crippen molar-refractivity contribution in [2.45, 2.75) is 13.5 Å². The Morgan fingerprint density at radius 2 is 1.68 bits per heavy atom. The molecule has 0 aliphatic rings. The average molecular weight is 332 g/mol. The predicted molar refractivity (Wildman–Crippen MR) is 97.7 cm³/mol. The van der Waals surface area contributed by atoms with E-state index in [1.54, 1.807) is 18.2 Å². The van der Waals surface area contributed by atoms with Gasteiger partial charge in [0.25, 0.3) is 0 Å². The molecule has 4 rings (SSSR count). The number of carbonyl (C=O) groups excluding carboxylic acids is 1. The van der Waals surface area contributed by atoms with Crippen molar-refractivity contribution in [1.82, 2.24) is 14.8 Å². The first-order valence-electron chi connectivity index (χ1n) is 7.95. The summed E-state index contributed by atoms with van der Waals surface area (Å²) in [5.74, 6) is 0.280. The molecule has 0 radical (unpaired) electrons. The van der Waals surface area contributed by atoms with Crippen LogP contribution in [0.3, 0.4) is 0 Å². The lowest BCUT2D eigenvalue weighted by Crippen LogP contribution is -2.21. The quantitative estimate of drug-likeness (QED) is 0.566. The van der Waals surface area contributed by atoms with Gasteiger partial charge < -0.3 is 9.88 Å². The second-order valence-corrected chi connectivity index (χ2v) is 5.93. The fourth-order valence-electron chi connectivity index (χ4n) is 3.06. The lowest BCUT2D eigenvalue weighted by atomic mass is 10.1. The van der Waals surface area contributed by atoms with Gasteiger partial charge in [0.1, 0.15) is 6.54 Å². The monoisotopic (exact) mass is 332 g/mol. The van der Waals surface area contributed by atoms with Crippen LogP contribution in [0.4, 0.5) is 5.82 Å². The second-order valence-electron chi connectivity index (χ2n) is 5.93. The van der Waals surface area contributed by atoms with E-state index >= 15 is 0 Å². The van der Waals surface area contributed by atoms with Gasteiger partial charge in [-0.05, 0) is 31.2 Å². The molecule has 2 N–H and O–H groups in total. The molecule has 6 nitrogen and oxygen atoms in total. The molecule has 6 heteroatoms. The van der Waals surface area contributed by atoms with Crippen molar-refractivity contribution < 1.29 is 4.79 Å². The van der Waals surface area contributed by atoms with Crippen molar-refractivity contribution in [1.29, 1.82) is 0 Å². The van der Waals surface area contributed by atoms with Crippen molar-refractivity contribution in [3.8, 4) is 0 Å². The van der Waals surface area contributed by atoms with Crippen molar-refractivity contribution in [3.05, 3.63) is 70.5 Å². The van der Waals surface area contributed by atoms with Crippen LogP contribution in [0.15, 0.2) is 59.4 Å². The fourth-order valence-corrected chi connectivity index (χ4v) is 3.06. The van der Waals surface area contributed by atoms with E-state index in [4.69, 9.17) is 0 Å². The van der Waals surface area contributed by atoms with E-state index in [1.165, 1.54) is 0 Å². The molecule has 0 aliphatic heterocycles. The van der Waals surface area contributed by atoms with Crippen LogP contribution in [-0.4, -0.2) is 20.7 Å². The first-order chi connectivity index (χ1) is 12.1. The highest BCUT2D eigenvalue weighted by Gasteiger charge is 2.13. The Balaban J connectivity index is 1.83. The minimum Gasteiger partial charge on any atom is -0.331 e. The number of nitrogens with one attached hydrogen (secondary N) is 2. The molecule has 0 saturated heterocycles. The summed E-state index contributed by atoms with van der Waals surface area (Å²) in [4.78, 5) is 25.2. The number of anilines is 1. The van der Waals surface area contributed by atoms with Gasteiger partial charge in [0.2, 0.25) is 5.91 Å². The number of amides is 1. The van der Waals surface area contributed by atoms with Crippen molar-refractivity contribution in [2.24, 2.45) is 0 Å². The van der Waals surface area contributed by atoms with Crippen LogP contribution < -0.4 is 10.7 Å². The third kappa shape index (κ3) is 2.67. The molecule has 0 spiro atoms. The number of hydrogen-bond acceptors (Lipinski definition) is 3. The van der Waals surface area contributed by atoms with Crippen molar-refractivity contribution in [3.63, 3.8) is 0 Å². The number of hydrogen-bond donors (Lipinski definition) is 2. The number of H-pyrrole nitrogens is 1. The zero-order chi connectivity index (χ0) is 17.4. The van der Waals surface area contributed by atoms with Gasteiger partial charge in [-0.1, -0.05) is 24.3 Å². The number of fused-ring (bicyclic) bond motifs is 2. The zero-order valence-electron chi connectivity index (χ0n) is 13.6. The molecule has 0 bridgehead atoms. The molecule has 0 fully saturated rings. The number of pyridine rings is 1. The van der Waals surface area contributed by atoms with Crippen LogP contribution in [-0.2, 0) is 11.3 Å². The molecule has 0 unspecified atom stereocenters. The van der Waals surface area contributed by atoms with Crippen LogP contribution >= 0.6 is 0 Å². The summed E-state index contributed by atoms with van der Waals surface area (Å²) in [6.45, 7) is 1.96. The molecule has 0 aliphatic carbocycles. The molecule has 2 aromatic heterocycles. The van der Waals surface area contributed by atoms with Crippen molar-refractivity contribution >= 4 is 33.5 Å². The smallest absolute Gasteiger partial charge is 0.245 e. The number of nitrogens with zero attached hydrogens (tertiary/aromatic N) is 2. The van der Waals surface area contributed by atoms with E-state index in [9.17, 15) is 9.59 Å². The summed E-state index contributed by atoms with van der Waals surface area (Å²) in [5, 5.41) is 10.8. The molecule has 4 aromatic rings.